The van der Waals surface area contributed by atoms with Crippen LogP contribution in [0.4, 0.5) is 0 Å². The summed E-state index contributed by atoms with van der Waals surface area (Å²) in [5, 5.41) is 2.71. The van der Waals surface area contributed by atoms with E-state index in [1.54, 1.807) is 17.8 Å². The van der Waals surface area contributed by atoms with Gasteiger partial charge in [-0.15, -0.1) is 0 Å². The summed E-state index contributed by atoms with van der Waals surface area (Å²) >= 11 is 0. The van der Waals surface area contributed by atoms with Gasteiger partial charge in [-0.3, -0.25) is 9.59 Å². The fraction of sp³-hybridized carbons (Fsp3) is 0.500. The number of nitrogens with one attached hydrogen (secondary N) is 1. The minimum atomic E-state index is -0.261. The van der Waals surface area contributed by atoms with E-state index in [4.69, 9.17) is 4.74 Å². The van der Waals surface area contributed by atoms with Gasteiger partial charge in [-0.2, -0.15) is 0 Å². The van der Waals surface area contributed by atoms with E-state index in [0.717, 1.165) is 0 Å². The first-order chi connectivity index (χ1) is 7.72. The van der Waals surface area contributed by atoms with E-state index < -0.39 is 0 Å². The van der Waals surface area contributed by atoms with Crippen LogP contribution >= 0.6 is 0 Å². The molecule has 1 aromatic heterocycles. The van der Waals surface area contributed by atoms with Crippen LogP contribution in [0.5, 0.6) is 0 Å². The third kappa shape index (κ3) is 1.91. The van der Waals surface area contributed by atoms with Crippen molar-refractivity contribution < 1.29 is 14.3 Å². The predicted molar refractivity (Wildman–Crippen MR) is 54.8 cm³/mol. The van der Waals surface area contributed by atoms with E-state index in [9.17, 15) is 9.59 Å². The van der Waals surface area contributed by atoms with Gasteiger partial charge in [0.2, 0.25) is 0 Å². The third-order valence-corrected chi connectivity index (χ3v) is 2.50. The number of ether oxygens (including phenoxy) is 1. The summed E-state index contributed by atoms with van der Waals surface area (Å²) in [6.45, 7) is 2.57. The first-order valence-electron chi connectivity index (χ1n) is 5.18. The van der Waals surface area contributed by atoms with Crippen LogP contribution in [0.3, 0.4) is 0 Å². The second kappa shape index (κ2) is 4.34. The Balaban J connectivity index is 2.11. The summed E-state index contributed by atoms with van der Waals surface area (Å²) in [7, 11) is 0. The number of carbonyl (C=O) groups is 2. The lowest BCUT2D eigenvalue weighted by Gasteiger charge is -2.24. The molecule has 0 saturated heterocycles. The number of carbonyl (C=O) groups excluding carboxylic acids is 2. The van der Waals surface area contributed by atoms with Crippen molar-refractivity contribution in [3.63, 3.8) is 0 Å². The third-order valence-electron chi connectivity index (χ3n) is 2.50. The normalized spacial score (nSPS) is 18.8. The highest BCUT2D eigenvalue weighted by Gasteiger charge is 2.26. The van der Waals surface area contributed by atoms with E-state index in [1.165, 1.54) is 6.20 Å². The molecule has 1 N–H and O–H groups in total. The van der Waals surface area contributed by atoms with Crippen molar-refractivity contribution in [2.75, 3.05) is 13.2 Å². The van der Waals surface area contributed by atoms with Gasteiger partial charge >= 0.3 is 5.97 Å². The summed E-state index contributed by atoms with van der Waals surface area (Å²) in [5.74, 6) is -0.416. The number of rotatable bonds is 3. The predicted octanol–water partition coefficient (Wildman–Crippen LogP) is 0.121. The lowest BCUT2D eigenvalue weighted by molar-refractivity contribution is -0.144. The van der Waals surface area contributed by atoms with Crippen LogP contribution in [-0.2, 0) is 9.53 Å². The number of amides is 1. The first kappa shape index (κ1) is 10.7. The van der Waals surface area contributed by atoms with Crippen molar-refractivity contribution in [3.05, 3.63) is 18.2 Å². The molecule has 6 nitrogen and oxygen atoms in total. The molecule has 2 rings (SSSR count). The molecule has 2 heterocycles. The molecule has 6 heteroatoms. The van der Waals surface area contributed by atoms with E-state index in [1.807, 2.05) is 0 Å². The molecule has 0 spiro atoms. The van der Waals surface area contributed by atoms with Crippen molar-refractivity contribution in [3.8, 4) is 0 Å². The average Bonchev–Trinajstić information content (AvgIpc) is 2.72. The number of esters is 1. The number of nitrogens with zero attached hydrogens (tertiary/aromatic N) is 2. The highest BCUT2D eigenvalue weighted by molar-refractivity contribution is 5.93. The molecule has 1 aromatic rings. The maximum atomic E-state index is 11.4. The van der Waals surface area contributed by atoms with Gasteiger partial charge < -0.3 is 14.6 Å². The molecule has 16 heavy (non-hydrogen) atoms. The summed E-state index contributed by atoms with van der Waals surface area (Å²) in [4.78, 5) is 26.7. The average molecular weight is 223 g/mol. The van der Waals surface area contributed by atoms with E-state index in [0.29, 0.717) is 18.8 Å². The minimum Gasteiger partial charge on any atom is -0.466 e. The van der Waals surface area contributed by atoms with Crippen LogP contribution in [0, 0.1) is 0 Å². The van der Waals surface area contributed by atoms with Gasteiger partial charge in [-0.05, 0) is 6.92 Å². The van der Waals surface area contributed by atoms with E-state index in [2.05, 4.69) is 10.3 Å². The molecule has 0 saturated carbocycles. The SMILES string of the molecule is CCOC(=O)C[C@@H]1CNC(=O)c2cncn21. The monoisotopic (exact) mass is 223 g/mol. The molecule has 0 aromatic carbocycles. The standard InChI is InChI=1S/C10H13N3O3/c1-2-16-9(14)3-7-4-12-10(15)8-5-11-6-13(7)8/h5-7H,2-4H2,1H3,(H,12,15)/t7-/m1/s1. The molecular formula is C10H13N3O3. The van der Waals surface area contributed by atoms with Crippen molar-refractivity contribution in [1.29, 1.82) is 0 Å². The Bertz CT molecular complexity index is 413. The Labute approximate surface area is 92.6 Å². The quantitative estimate of drug-likeness (QED) is 0.739. The maximum Gasteiger partial charge on any atom is 0.307 e. The number of fused-ring (bicyclic) bond motifs is 1. The summed E-state index contributed by atoms with van der Waals surface area (Å²) in [5.41, 5.74) is 0.487. The number of aromatic nitrogens is 2. The smallest absolute Gasteiger partial charge is 0.307 e. The van der Waals surface area contributed by atoms with Crippen molar-refractivity contribution in [1.82, 2.24) is 14.9 Å². The molecule has 1 atom stereocenters. The lowest BCUT2D eigenvalue weighted by Crippen LogP contribution is -2.39. The maximum absolute atomic E-state index is 11.4. The van der Waals surface area contributed by atoms with Gasteiger partial charge in [0.05, 0.1) is 31.6 Å². The fourth-order valence-electron chi connectivity index (χ4n) is 1.75. The Morgan fingerprint density at radius 1 is 1.75 bits per heavy atom. The Kier molecular flexibility index (Phi) is 2.89. The molecule has 1 amide bonds. The van der Waals surface area contributed by atoms with Gasteiger partial charge in [-0.25, -0.2) is 4.98 Å². The van der Waals surface area contributed by atoms with Crippen LogP contribution in [-0.4, -0.2) is 34.6 Å². The van der Waals surface area contributed by atoms with Crippen molar-refractivity contribution in [2.24, 2.45) is 0 Å². The number of hydrogen-bond acceptors (Lipinski definition) is 4. The zero-order valence-corrected chi connectivity index (χ0v) is 8.97. The Morgan fingerprint density at radius 3 is 3.31 bits per heavy atom. The molecule has 0 radical (unpaired) electrons. The van der Waals surface area contributed by atoms with Crippen LogP contribution in [0.25, 0.3) is 0 Å². The molecule has 1 aliphatic rings. The number of hydrogen-bond donors (Lipinski definition) is 1. The van der Waals surface area contributed by atoms with Crippen LogP contribution in [0.2, 0.25) is 0 Å². The van der Waals surface area contributed by atoms with Gasteiger partial charge in [0.15, 0.2) is 0 Å². The zero-order chi connectivity index (χ0) is 11.5. The lowest BCUT2D eigenvalue weighted by atomic mass is 10.1. The molecular weight excluding hydrogens is 210 g/mol. The molecule has 1 aliphatic heterocycles. The second-order valence-corrected chi connectivity index (χ2v) is 3.56. The van der Waals surface area contributed by atoms with Crippen LogP contribution in [0.15, 0.2) is 12.5 Å². The summed E-state index contributed by atoms with van der Waals surface area (Å²) in [6.07, 6.45) is 3.31. The van der Waals surface area contributed by atoms with Gasteiger partial charge in [0.1, 0.15) is 5.69 Å². The van der Waals surface area contributed by atoms with Gasteiger partial charge in [0, 0.05) is 6.54 Å². The zero-order valence-electron chi connectivity index (χ0n) is 8.97. The van der Waals surface area contributed by atoms with Crippen LogP contribution < -0.4 is 5.32 Å². The summed E-state index contributed by atoms with van der Waals surface area (Å²) in [6, 6.07) is -0.103. The topological polar surface area (TPSA) is 73.2 Å². The Morgan fingerprint density at radius 2 is 2.56 bits per heavy atom. The van der Waals surface area contributed by atoms with Crippen LogP contribution in [0.1, 0.15) is 29.9 Å². The molecule has 0 unspecified atom stereocenters. The highest BCUT2D eigenvalue weighted by atomic mass is 16.5. The van der Waals surface area contributed by atoms with Gasteiger partial charge in [0.25, 0.3) is 5.91 Å². The fourth-order valence-corrected chi connectivity index (χ4v) is 1.75. The van der Waals surface area contributed by atoms with E-state index >= 15 is 0 Å². The first-order valence-corrected chi connectivity index (χ1v) is 5.18. The summed E-state index contributed by atoms with van der Waals surface area (Å²) < 4.78 is 6.60. The number of imidazole rings is 1. The van der Waals surface area contributed by atoms with Crippen molar-refractivity contribution in [2.45, 2.75) is 19.4 Å². The van der Waals surface area contributed by atoms with E-state index in [-0.39, 0.29) is 24.3 Å². The highest BCUT2D eigenvalue weighted by Crippen LogP contribution is 2.18. The minimum absolute atomic E-state index is 0.103. The van der Waals surface area contributed by atoms with Crippen molar-refractivity contribution >= 4 is 11.9 Å². The second-order valence-electron chi connectivity index (χ2n) is 3.56. The molecule has 86 valence electrons. The largest absolute Gasteiger partial charge is 0.466 e. The molecule has 0 fully saturated rings. The molecule has 0 aliphatic carbocycles. The molecule has 0 bridgehead atoms. The Hall–Kier alpha value is -1.85. The van der Waals surface area contributed by atoms with Gasteiger partial charge in [-0.1, -0.05) is 0 Å².